The van der Waals surface area contributed by atoms with E-state index in [4.69, 9.17) is 0 Å². The SMILES string of the molecule is CC#CC1(O)CC[C@H]2[C@@H]3CCC4=CC(=O)C(c5ccc(C(=O)C6CC6)cc5)CC4=C3CC[C@@]21C. The number of hydrogen-bond acceptors (Lipinski definition) is 3. The molecule has 3 fully saturated rings. The fourth-order valence-corrected chi connectivity index (χ4v) is 7.71. The van der Waals surface area contributed by atoms with Crippen LogP contribution >= 0.6 is 0 Å². The van der Waals surface area contributed by atoms with Crippen LogP contribution in [0, 0.1) is 35.0 Å². The molecule has 6 rings (SSSR count). The molecular weight excluding hydrogens is 420 g/mol. The molecule has 176 valence electrons. The van der Waals surface area contributed by atoms with Crippen LogP contribution in [0.4, 0.5) is 0 Å². The molecule has 1 aromatic carbocycles. The molecule has 0 heterocycles. The van der Waals surface area contributed by atoms with Crippen molar-refractivity contribution in [3.05, 3.63) is 58.2 Å². The van der Waals surface area contributed by atoms with Gasteiger partial charge in [-0.3, -0.25) is 9.59 Å². The van der Waals surface area contributed by atoms with Gasteiger partial charge in [0.15, 0.2) is 11.6 Å². The number of allylic oxidation sites excluding steroid dienone is 4. The maximum Gasteiger partial charge on any atom is 0.165 e. The molecule has 5 aliphatic rings. The van der Waals surface area contributed by atoms with E-state index in [1.165, 1.54) is 11.1 Å². The second kappa shape index (κ2) is 7.79. The maximum absolute atomic E-state index is 13.1. The summed E-state index contributed by atoms with van der Waals surface area (Å²) in [5.41, 5.74) is 4.99. The predicted octanol–water partition coefficient (Wildman–Crippen LogP) is 5.93. The summed E-state index contributed by atoms with van der Waals surface area (Å²) in [5.74, 6) is 7.63. The summed E-state index contributed by atoms with van der Waals surface area (Å²) >= 11 is 0. The summed E-state index contributed by atoms with van der Waals surface area (Å²) in [4.78, 5) is 25.5. The fraction of sp³-hybridized carbons (Fsp3) is 0.548. The minimum Gasteiger partial charge on any atom is -0.377 e. The van der Waals surface area contributed by atoms with Crippen molar-refractivity contribution < 1.29 is 14.7 Å². The Bertz CT molecular complexity index is 1190. The van der Waals surface area contributed by atoms with Gasteiger partial charge in [-0.05, 0) is 99.3 Å². The highest BCUT2D eigenvalue weighted by molar-refractivity contribution is 6.00. The van der Waals surface area contributed by atoms with Crippen molar-refractivity contribution in [2.75, 3.05) is 0 Å². The van der Waals surface area contributed by atoms with Crippen molar-refractivity contribution in [1.29, 1.82) is 0 Å². The van der Waals surface area contributed by atoms with E-state index in [-0.39, 0.29) is 28.8 Å². The molecule has 34 heavy (non-hydrogen) atoms. The third-order valence-electron chi connectivity index (χ3n) is 9.87. The normalized spacial score (nSPS) is 36.6. The van der Waals surface area contributed by atoms with Crippen molar-refractivity contribution in [3.8, 4) is 11.8 Å². The number of rotatable bonds is 3. The van der Waals surface area contributed by atoms with Gasteiger partial charge in [-0.25, -0.2) is 0 Å². The first-order valence-corrected chi connectivity index (χ1v) is 13.1. The van der Waals surface area contributed by atoms with Gasteiger partial charge in [0.25, 0.3) is 0 Å². The van der Waals surface area contributed by atoms with E-state index < -0.39 is 5.60 Å². The van der Waals surface area contributed by atoms with Crippen LogP contribution < -0.4 is 0 Å². The van der Waals surface area contributed by atoms with Crippen LogP contribution in [0.5, 0.6) is 0 Å². The van der Waals surface area contributed by atoms with Crippen molar-refractivity contribution in [2.45, 2.75) is 83.2 Å². The average Bonchev–Trinajstić information content (AvgIpc) is 3.64. The molecule has 5 atom stereocenters. The zero-order valence-electron chi connectivity index (χ0n) is 20.3. The highest BCUT2D eigenvalue weighted by Gasteiger charge is 2.60. The van der Waals surface area contributed by atoms with Crippen molar-refractivity contribution in [3.63, 3.8) is 0 Å². The van der Waals surface area contributed by atoms with Gasteiger partial charge in [0.2, 0.25) is 0 Å². The van der Waals surface area contributed by atoms with Gasteiger partial charge in [-0.15, -0.1) is 5.92 Å². The monoisotopic (exact) mass is 454 g/mol. The Kier molecular flexibility index (Phi) is 5.05. The molecule has 2 unspecified atom stereocenters. The lowest BCUT2D eigenvalue weighted by Crippen LogP contribution is -2.49. The lowest BCUT2D eigenvalue weighted by Gasteiger charge is -2.50. The second-order valence-electron chi connectivity index (χ2n) is 11.5. The smallest absolute Gasteiger partial charge is 0.165 e. The first-order chi connectivity index (χ1) is 16.3. The molecule has 1 N–H and O–H groups in total. The minimum absolute atomic E-state index is 0.153. The molecule has 0 spiro atoms. The van der Waals surface area contributed by atoms with Crippen LogP contribution in [0.15, 0.2) is 47.1 Å². The van der Waals surface area contributed by atoms with E-state index in [9.17, 15) is 14.7 Å². The largest absolute Gasteiger partial charge is 0.377 e. The van der Waals surface area contributed by atoms with E-state index in [0.29, 0.717) is 11.8 Å². The summed E-state index contributed by atoms with van der Waals surface area (Å²) < 4.78 is 0. The number of carbonyl (C=O) groups excluding carboxylic acids is 2. The van der Waals surface area contributed by atoms with Gasteiger partial charge >= 0.3 is 0 Å². The number of fused-ring (bicyclic) bond motifs is 4. The number of ketones is 2. The fourth-order valence-electron chi connectivity index (χ4n) is 7.71. The van der Waals surface area contributed by atoms with E-state index >= 15 is 0 Å². The molecule has 0 radical (unpaired) electrons. The molecule has 0 aliphatic heterocycles. The number of benzene rings is 1. The molecule has 3 saturated carbocycles. The number of carbonyl (C=O) groups is 2. The number of hydrogen-bond donors (Lipinski definition) is 1. The molecular formula is C31H34O3. The van der Waals surface area contributed by atoms with Crippen molar-refractivity contribution in [1.82, 2.24) is 0 Å². The summed E-state index contributed by atoms with van der Waals surface area (Å²) in [5, 5.41) is 11.4. The number of Topliss-reactive ketones (excluding diaryl/α,β-unsaturated/α-hetero) is 1. The average molecular weight is 455 g/mol. The molecule has 0 amide bonds. The van der Waals surface area contributed by atoms with E-state index in [1.807, 2.05) is 37.3 Å². The second-order valence-corrected chi connectivity index (χ2v) is 11.5. The third-order valence-corrected chi connectivity index (χ3v) is 9.87. The van der Waals surface area contributed by atoms with Crippen LogP contribution in [0.25, 0.3) is 0 Å². The lowest BCUT2D eigenvalue weighted by molar-refractivity contribution is -0.116. The van der Waals surface area contributed by atoms with E-state index in [1.54, 1.807) is 5.57 Å². The molecule has 1 aromatic rings. The van der Waals surface area contributed by atoms with Crippen LogP contribution in [-0.4, -0.2) is 22.3 Å². The molecule has 0 aromatic heterocycles. The van der Waals surface area contributed by atoms with Crippen LogP contribution in [0.2, 0.25) is 0 Å². The highest BCUT2D eigenvalue weighted by atomic mass is 16.3. The summed E-state index contributed by atoms with van der Waals surface area (Å²) in [6.45, 7) is 4.09. The summed E-state index contributed by atoms with van der Waals surface area (Å²) in [6.07, 6.45) is 10.5. The summed E-state index contributed by atoms with van der Waals surface area (Å²) in [6, 6.07) is 7.84. The Morgan fingerprint density at radius 1 is 1.06 bits per heavy atom. The zero-order chi connectivity index (χ0) is 23.7. The molecule has 3 heteroatoms. The maximum atomic E-state index is 13.1. The first kappa shape index (κ1) is 22.1. The molecule has 0 bridgehead atoms. The quantitative estimate of drug-likeness (QED) is 0.455. The van der Waals surface area contributed by atoms with Gasteiger partial charge in [0.1, 0.15) is 5.60 Å². The Balaban J connectivity index is 1.30. The Labute approximate surface area is 202 Å². The van der Waals surface area contributed by atoms with Gasteiger partial charge in [0, 0.05) is 16.9 Å². The highest BCUT2D eigenvalue weighted by Crippen LogP contribution is 2.63. The summed E-state index contributed by atoms with van der Waals surface area (Å²) in [7, 11) is 0. The number of aliphatic hydroxyl groups is 1. The minimum atomic E-state index is -0.872. The lowest BCUT2D eigenvalue weighted by atomic mass is 9.55. The van der Waals surface area contributed by atoms with Crippen LogP contribution in [0.3, 0.4) is 0 Å². The van der Waals surface area contributed by atoms with Crippen LogP contribution in [-0.2, 0) is 4.79 Å². The Morgan fingerprint density at radius 3 is 2.53 bits per heavy atom. The van der Waals surface area contributed by atoms with E-state index in [2.05, 4.69) is 18.8 Å². The van der Waals surface area contributed by atoms with Crippen molar-refractivity contribution >= 4 is 11.6 Å². The van der Waals surface area contributed by atoms with E-state index in [0.717, 1.165) is 68.9 Å². The predicted molar refractivity (Wildman–Crippen MR) is 132 cm³/mol. The Hall–Kier alpha value is -2.44. The molecule has 5 aliphatic carbocycles. The molecule has 3 nitrogen and oxygen atoms in total. The zero-order valence-corrected chi connectivity index (χ0v) is 20.3. The van der Waals surface area contributed by atoms with Gasteiger partial charge in [-0.1, -0.05) is 42.7 Å². The van der Waals surface area contributed by atoms with Gasteiger partial charge < -0.3 is 5.11 Å². The Morgan fingerprint density at radius 2 is 1.82 bits per heavy atom. The van der Waals surface area contributed by atoms with Crippen LogP contribution in [0.1, 0.15) is 93.5 Å². The van der Waals surface area contributed by atoms with Gasteiger partial charge in [0.05, 0.1) is 5.92 Å². The third kappa shape index (κ3) is 3.22. The van der Waals surface area contributed by atoms with Gasteiger partial charge in [-0.2, -0.15) is 0 Å². The standard InChI is InChI=1S/C31H34O3/c1-3-14-31(34)16-13-27-24-11-10-22-17-28(32)26(18-25(22)23(24)12-15-30(27,31)2)19-4-6-20(7-5-19)29(33)21-8-9-21/h4-7,17,21,24,26-27,34H,8-13,15-16,18H2,1-2H3/t24-,26?,27+,30+,31?/m1/s1. The molecule has 0 saturated heterocycles. The first-order valence-electron chi connectivity index (χ1n) is 13.1. The van der Waals surface area contributed by atoms with Crippen molar-refractivity contribution in [2.24, 2.45) is 23.2 Å². The topological polar surface area (TPSA) is 54.4 Å².